The van der Waals surface area contributed by atoms with Crippen LogP contribution < -0.4 is 5.32 Å². The first-order valence-corrected chi connectivity index (χ1v) is 9.64. The van der Waals surface area contributed by atoms with E-state index in [1.165, 1.54) is 0 Å². The molecule has 0 amide bonds. The van der Waals surface area contributed by atoms with Crippen molar-refractivity contribution in [2.45, 2.75) is 26.3 Å². The average Bonchev–Trinajstić information content (AvgIpc) is 2.96. The van der Waals surface area contributed by atoms with Crippen molar-refractivity contribution in [3.63, 3.8) is 0 Å². The minimum absolute atomic E-state index is 0.0227. The first-order chi connectivity index (χ1) is 13.4. The fourth-order valence-corrected chi connectivity index (χ4v) is 3.59. The number of aryl methyl sites for hydroxylation is 2. The molecule has 1 atom stereocenters. The molecule has 3 aromatic rings. The molecule has 7 nitrogen and oxygen atoms in total. The first-order valence-electron chi connectivity index (χ1n) is 8.88. The third kappa shape index (κ3) is 4.38. The predicted octanol–water partition coefficient (Wildman–Crippen LogP) is 4.18. The predicted molar refractivity (Wildman–Crippen MR) is 111 cm³/mol. The quantitative estimate of drug-likeness (QED) is 0.585. The molecule has 0 aliphatic heterocycles. The number of benzene rings is 1. The van der Waals surface area contributed by atoms with Gasteiger partial charge in [0.1, 0.15) is 5.82 Å². The van der Waals surface area contributed by atoms with Crippen molar-refractivity contribution >= 4 is 34.8 Å². The van der Waals surface area contributed by atoms with Gasteiger partial charge in [-0.05, 0) is 32.4 Å². The lowest BCUT2D eigenvalue weighted by Crippen LogP contribution is -2.28. The number of methoxy groups -OCH3 is 2. The van der Waals surface area contributed by atoms with E-state index >= 15 is 0 Å². The highest BCUT2D eigenvalue weighted by Gasteiger charge is 2.20. The first kappa shape index (κ1) is 20.8. The van der Waals surface area contributed by atoms with E-state index in [1.54, 1.807) is 30.9 Å². The Kier molecular flexibility index (Phi) is 6.72. The van der Waals surface area contributed by atoms with Crippen LogP contribution >= 0.6 is 23.2 Å². The Balaban J connectivity index is 2.09. The Morgan fingerprint density at radius 3 is 2.61 bits per heavy atom. The van der Waals surface area contributed by atoms with Gasteiger partial charge >= 0.3 is 0 Å². The average molecular weight is 424 g/mol. The molecule has 3 rings (SSSR count). The lowest BCUT2D eigenvalue weighted by atomic mass is 10.1. The second-order valence-corrected chi connectivity index (χ2v) is 7.34. The summed E-state index contributed by atoms with van der Waals surface area (Å²) < 4.78 is 12.2. The van der Waals surface area contributed by atoms with Gasteiger partial charge < -0.3 is 14.8 Å². The van der Waals surface area contributed by atoms with E-state index in [1.807, 2.05) is 19.9 Å². The summed E-state index contributed by atoms with van der Waals surface area (Å²) in [6.07, 6.45) is 0.769. The second kappa shape index (κ2) is 9.05. The third-order valence-electron chi connectivity index (χ3n) is 4.34. The highest BCUT2D eigenvalue weighted by Crippen LogP contribution is 2.35. The van der Waals surface area contributed by atoms with Gasteiger partial charge in [0.25, 0.3) is 0 Å². The molecular formula is C19H23Cl2N5O2. The monoisotopic (exact) mass is 423 g/mol. The molecule has 28 heavy (non-hydrogen) atoms. The summed E-state index contributed by atoms with van der Waals surface area (Å²) in [7, 11) is 3.34. The summed E-state index contributed by atoms with van der Waals surface area (Å²) in [6, 6.07) is 5.42. The number of hydrogen-bond acceptors (Lipinski definition) is 6. The SMILES string of the molecule is COCCC(COC)Nc1nc(C)nc2c(-c3ccc(Cl)cc3Cl)c(C)nn12. The van der Waals surface area contributed by atoms with Gasteiger partial charge in [0, 0.05) is 31.4 Å². The number of nitrogens with zero attached hydrogens (tertiary/aromatic N) is 4. The third-order valence-corrected chi connectivity index (χ3v) is 4.89. The van der Waals surface area contributed by atoms with E-state index in [0.29, 0.717) is 40.7 Å². The Morgan fingerprint density at radius 2 is 1.93 bits per heavy atom. The highest BCUT2D eigenvalue weighted by atomic mass is 35.5. The zero-order chi connectivity index (χ0) is 20.3. The molecule has 0 saturated heterocycles. The van der Waals surface area contributed by atoms with Gasteiger partial charge in [-0.3, -0.25) is 0 Å². The fraction of sp³-hybridized carbons (Fsp3) is 0.421. The van der Waals surface area contributed by atoms with Gasteiger partial charge in [0.05, 0.1) is 28.9 Å². The summed E-state index contributed by atoms with van der Waals surface area (Å²) in [4.78, 5) is 9.16. The van der Waals surface area contributed by atoms with Crippen LogP contribution in [0.1, 0.15) is 17.9 Å². The molecule has 0 fully saturated rings. The van der Waals surface area contributed by atoms with Crippen LogP contribution in [0.25, 0.3) is 16.8 Å². The maximum absolute atomic E-state index is 6.44. The van der Waals surface area contributed by atoms with Crippen molar-refractivity contribution in [1.82, 2.24) is 19.6 Å². The molecule has 9 heteroatoms. The summed E-state index contributed by atoms with van der Waals surface area (Å²) in [5.41, 5.74) is 3.16. The molecule has 0 aliphatic rings. The molecule has 1 unspecified atom stereocenters. The molecule has 0 saturated carbocycles. The van der Waals surface area contributed by atoms with Gasteiger partial charge in [-0.2, -0.15) is 14.6 Å². The van der Waals surface area contributed by atoms with Crippen molar-refractivity contribution in [1.29, 1.82) is 0 Å². The fourth-order valence-electron chi connectivity index (χ4n) is 3.09. The summed E-state index contributed by atoms with van der Waals surface area (Å²) in [6.45, 7) is 4.90. The van der Waals surface area contributed by atoms with Crippen LogP contribution in [-0.4, -0.2) is 53.1 Å². The van der Waals surface area contributed by atoms with Gasteiger partial charge in [-0.15, -0.1) is 0 Å². The van der Waals surface area contributed by atoms with Crippen molar-refractivity contribution in [3.8, 4) is 11.1 Å². The lowest BCUT2D eigenvalue weighted by Gasteiger charge is -2.18. The largest absolute Gasteiger partial charge is 0.385 e. The number of nitrogens with one attached hydrogen (secondary N) is 1. The number of hydrogen-bond donors (Lipinski definition) is 1. The maximum atomic E-state index is 6.44. The van der Waals surface area contributed by atoms with Crippen LogP contribution in [-0.2, 0) is 9.47 Å². The van der Waals surface area contributed by atoms with Crippen LogP contribution in [0.5, 0.6) is 0 Å². The molecule has 2 aromatic heterocycles. The van der Waals surface area contributed by atoms with E-state index in [9.17, 15) is 0 Å². The summed E-state index contributed by atoms with van der Waals surface area (Å²) >= 11 is 12.5. The normalized spacial score (nSPS) is 12.5. The second-order valence-electron chi connectivity index (χ2n) is 6.49. The number of ether oxygens (including phenoxy) is 2. The van der Waals surface area contributed by atoms with Crippen LogP contribution in [0.3, 0.4) is 0 Å². The van der Waals surface area contributed by atoms with Gasteiger partial charge in [0.2, 0.25) is 5.95 Å². The van der Waals surface area contributed by atoms with Crippen LogP contribution in [0.4, 0.5) is 5.95 Å². The van der Waals surface area contributed by atoms with E-state index < -0.39 is 0 Å². The van der Waals surface area contributed by atoms with Gasteiger partial charge in [0.15, 0.2) is 5.65 Å². The Bertz CT molecular complexity index is 977. The molecule has 0 radical (unpaired) electrons. The van der Waals surface area contributed by atoms with Crippen LogP contribution in [0.2, 0.25) is 10.0 Å². The zero-order valence-corrected chi connectivity index (χ0v) is 17.8. The molecule has 0 bridgehead atoms. The number of rotatable bonds is 8. The molecule has 1 N–H and O–H groups in total. The molecular weight excluding hydrogens is 401 g/mol. The summed E-state index contributed by atoms with van der Waals surface area (Å²) in [5, 5.41) is 9.19. The standard InChI is InChI=1S/C19H23Cl2N5O2/c1-11-17(15-6-5-13(20)9-16(15)21)18-22-12(2)23-19(26(18)25-11)24-14(10-28-4)7-8-27-3/h5-6,9,14H,7-8,10H2,1-4H3,(H,22,23,24). The number of aromatic nitrogens is 4. The number of fused-ring (bicyclic) bond motifs is 1. The molecule has 1 aromatic carbocycles. The van der Waals surface area contributed by atoms with E-state index in [-0.39, 0.29) is 6.04 Å². The van der Waals surface area contributed by atoms with Crippen molar-refractivity contribution in [2.24, 2.45) is 0 Å². The maximum Gasteiger partial charge on any atom is 0.227 e. The van der Waals surface area contributed by atoms with Crippen molar-refractivity contribution < 1.29 is 9.47 Å². The van der Waals surface area contributed by atoms with Crippen LogP contribution in [0.15, 0.2) is 18.2 Å². The lowest BCUT2D eigenvalue weighted by molar-refractivity contribution is 0.150. The Morgan fingerprint density at radius 1 is 1.14 bits per heavy atom. The topological polar surface area (TPSA) is 73.6 Å². The van der Waals surface area contributed by atoms with E-state index in [0.717, 1.165) is 23.2 Å². The van der Waals surface area contributed by atoms with Crippen molar-refractivity contribution in [3.05, 3.63) is 39.8 Å². The van der Waals surface area contributed by atoms with E-state index in [4.69, 9.17) is 32.7 Å². The minimum Gasteiger partial charge on any atom is -0.385 e. The zero-order valence-electron chi connectivity index (χ0n) is 16.3. The Hall–Kier alpha value is -1.93. The molecule has 150 valence electrons. The molecule has 2 heterocycles. The number of anilines is 1. The van der Waals surface area contributed by atoms with Crippen LogP contribution in [0, 0.1) is 13.8 Å². The highest BCUT2D eigenvalue weighted by molar-refractivity contribution is 6.36. The van der Waals surface area contributed by atoms with E-state index in [2.05, 4.69) is 20.4 Å². The van der Waals surface area contributed by atoms with Gasteiger partial charge in [-0.1, -0.05) is 29.3 Å². The smallest absolute Gasteiger partial charge is 0.227 e. The minimum atomic E-state index is 0.0227. The molecule has 0 spiro atoms. The number of halogens is 2. The van der Waals surface area contributed by atoms with Crippen molar-refractivity contribution in [2.75, 3.05) is 32.8 Å². The van der Waals surface area contributed by atoms with Gasteiger partial charge in [-0.25, -0.2) is 4.98 Å². The molecule has 0 aliphatic carbocycles. The summed E-state index contributed by atoms with van der Waals surface area (Å²) in [5.74, 6) is 1.23. The Labute approximate surface area is 174 Å².